The molecule has 3 nitrogen and oxygen atoms in total. The van der Waals surface area contributed by atoms with Crippen LogP contribution in [0.3, 0.4) is 0 Å². The van der Waals surface area contributed by atoms with E-state index in [0.29, 0.717) is 31.6 Å². The lowest BCUT2D eigenvalue weighted by molar-refractivity contribution is -0.364. The van der Waals surface area contributed by atoms with Crippen molar-refractivity contribution in [2.45, 2.75) is 108 Å². The second kappa shape index (κ2) is 11.7. The standard InChI is InChI=1S/C38H46F5NO2/c1-35-22-32(27-9-7-24(8-10-27)23-44-19-16-26(17-20-44)25-5-3-2-4-6-25)34-30-14-12-29(45)21-28(30)11-13-31(34)33(35)15-18-36(35,46)37(39,40)38(41,42)43/h2-3,5,7-10,21,26,30-34,46H,4,6,11-20,22-23H2,1H3/t30?,31?,32-,33?,34?,35?,36+/m1/s1. The number of nitrogens with zero attached hydrogens (tertiary/aromatic N) is 1. The van der Waals surface area contributed by atoms with Crippen molar-refractivity contribution in [1.82, 2.24) is 4.90 Å². The highest BCUT2D eigenvalue weighted by Crippen LogP contribution is 2.71. The monoisotopic (exact) mass is 643 g/mol. The lowest BCUT2D eigenvalue weighted by Crippen LogP contribution is -2.66. The van der Waals surface area contributed by atoms with E-state index >= 15 is 8.78 Å². The summed E-state index contributed by atoms with van der Waals surface area (Å²) in [5.41, 5.74) is 0.0132. The van der Waals surface area contributed by atoms with E-state index in [1.54, 1.807) is 11.6 Å². The Kier molecular flexibility index (Phi) is 8.18. The van der Waals surface area contributed by atoms with Crippen LogP contribution in [0.25, 0.3) is 0 Å². The van der Waals surface area contributed by atoms with Gasteiger partial charge in [0.15, 0.2) is 5.78 Å². The number of piperidine rings is 1. The Morgan fingerprint density at radius 3 is 2.33 bits per heavy atom. The van der Waals surface area contributed by atoms with Gasteiger partial charge in [0.25, 0.3) is 0 Å². The summed E-state index contributed by atoms with van der Waals surface area (Å²) >= 11 is 0. The molecule has 0 bridgehead atoms. The van der Waals surface area contributed by atoms with E-state index in [-0.39, 0.29) is 42.3 Å². The molecule has 7 atom stereocenters. The highest BCUT2D eigenvalue weighted by molar-refractivity contribution is 5.91. The summed E-state index contributed by atoms with van der Waals surface area (Å²) in [6.45, 7) is 4.38. The molecule has 5 unspecified atom stereocenters. The van der Waals surface area contributed by atoms with Gasteiger partial charge in [-0.25, -0.2) is 0 Å². The van der Waals surface area contributed by atoms with Crippen LogP contribution in [-0.2, 0) is 11.3 Å². The summed E-state index contributed by atoms with van der Waals surface area (Å²) in [4.78, 5) is 14.8. The van der Waals surface area contributed by atoms with Crippen LogP contribution in [0.2, 0.25) is 0 Å². The Bertz CT molecular complexity index is 1420. The maximum atomic E-state index is 15.3. The fourth-order valence-electron chi connectivity index (χ4n) is 11.0. The maximum absolute atomic E-state index is 15.3. The fraction of sp³-hybridized carbons (Fsp3) is 0.658. The van der Waals surface area contributed by atoms with E-state index in [1.165, 1.54) is 6.92 Å². The molecule has 0 radical (unpaired) electrons. The van der Waals surface area contributed by atoms with E-state index in [0.717, 1.165) is 62.0 Å². The summed E-state index contributed by atoms with van der Waals surface area (Å²) in [7, 11) is 0. The molecule has 46 heavy (non-hydrogen) atoms. The maximum Gasteiger partial charge on any atom is 0.456 e. The molecule has 0 amide bonds. The largest absolute Gasteiger partial charge is 0.456 e. The second-order valence-corrected chi connectivity index (χ2v) is 15.4. The second-order valence-electron chi connectivity index (χ2n) is 15.4. The molecular weight excluding hydrogens is 597 g/mol. The summed E-state index contributed by atoms with van der Waals surface area (Å²) < 4.78 is 72.1. The van der Waals surface area contributed by atoms with Gasteiger partial charge in [0.2, 0.25) is 0 Å². The average Bonchev–Trinajstić information content (AvgIpc) is 3.32. The van der Waals surface area contributed by atoms with E-state index in [4.69, 9.17) is 0 Å². The summed E-state index contributed by atoms with van der Waals surface area (Å²) in [6, 6.07) is 8.28. The van der Waals surface area contributed by atoms with Gasteiger partial charge in [0.05, 0.1) is 0 Å². The van der Waals surface area contributed by atoms with Crippen molar-refractivity contribution < 1.29 is 31.9 Å². The zero-order chi connectivity index (χ0) is 32.5. The summed E-state index contributed by atoms with van der Waals surface area (Å²) in [6.07, 6.45) is 9.29. The summed E-state index contributed by atoms with van der Waals surface area (Å²) in [5, 5.41) is 11.5. The highest BCUT2D eigenvalue weighted by Gasteiger charge is 2.79. The van der Waals surface area contributed by atoms with Crippen LogP contribution in [0.1, 0.15) is 94.6 Å². The van der Waals surface area contributed by atoms with Crippen molar-refractivity contribution in [3.8, 4) is 0 Å². The van der Waals surface area contributed by atoms with Crippen molar-refractivity contribution in [1.29, 1.82) is 0 Å². The Labute approximate surface area is 269 Å². The minimum Gasteiger partial charge on any atom is -0.383 e. The van der Waals surface area contributed by atoms with E-state index in [9.17, 15) is 23.1 Å². The number of benzene rings is 1. The molecule has 1 saturated heterocycles. The van der Waals surface area contributed by atoms with E-state index < -0.39 is 35.5 Å². The lowest BCUT2D eigenvalue weighted by Gasteiger charge is -2.59. The van der Waals surface area contributed by atoms with Crippen molar-refractivity contribution >= 4 is 5.78 Å². The molecule has 6 aliphatic rings. The number of allylic oxidation sites excluding steroid dienone is 5. The van der Waals surface area contributed by atoms with Crippen LogP contribution in [0.5, 0.6) is 0 Å². The number of aliphatic hydroxyl groups is 1. The first-order valence-corrected chi connectivity index (χ1v) is 17.4. The van der Waals surface area contributed by atoms with Gasteiger partial charge in [-0.05, 0) is 130 Å². The third kappa shape index (κ3) is 5.15. The number of fused-ring (bicyclic) bond motifs is 5. The first-order valence-electron chi connectivity index (χ1n) is 17.4. The van der Waals surface area contributed by atoms with E-state index in [2.05, 4.69) is 47.4 Å². The summed E-state index contributed by atoms with van der Waals surface area (Å²) in [5.74, 6) is -5.11. The van der Waals surface area contributed by atoms with E-state index in [1.807, 2.05) is 0 Å². The van der Waals surface area contributed by atoms with Gasteiger partial charge in [0, 0.05) is 18.4 Å². The molecule has 0 aromatic heterocycles. The van der Waals surface area contributed by atoms with Gasteiger partial charge >= 0.3 is 12.1 Å². The Morgan fingerprint density at radius 2 is 1.65 bits per heavy atom. The van der Waals surface area contributed by atoms with Gasteiger partial charge < -0.3 is 5.11 Å². The number of hydrogen-bond acceptors (Lipinski definition) is 3. The molecule has 1 N–H and O–H groups in total. The van der Waals surface area contributed by atoms with Crippen molar-refractivity contribution in [3.05, 3.63) is 70.8 Å². The SMILES string of the molecule is CC12C[C@H](c3ccc(CN4CCC(C5=CC=CCC5)CC4)cc3)C3C4CCC(=O)C=C4CCC3C1CC[C@@]2(O)C(F)(F)C(F)(F)F. The molecule has 1 aromatic carbocycles. The molecule has 0 spiro atoms. The molecule has 7 rings (SSSR count). The lowest BCUT2D eigenvalue weighted by atomic mass is 9.46. The van der Waals surface area contributed by atoms with Crippen molar-refractivity contribution in [2.24, 2.45) is 35.0 Å². The average molecular weight is 644 g/mol. The van der Waals surface area contributed by atoms with Crippen LogP contribution in [-0.4, -0.2) is 46.6 Å². The molecule has 5 aliphatic carbocycles. The first kappa shape index (κ1) is 32.2. The minimum absolute atomic E-state index is 0.0434. The zero-order valence-electron chi connectivity index (χ0n) is 26.7. The van der Waals surface area contributed by atoms with Crippen molar-refractivity contribution in [3.63, 3.8) is 0 Å². The van der Waals surface area contributed by atoms with Crippen molar-refractivity contribution in [2.75, 3.05) is 13.1 Å². The quantitative estimate of drug-likeness (QED) is 0.326. The number of hydrogen-bond donors (Lipinski definition) is 1. The zero-order valence-corrected chi connectivity index (χ0v) is 26.7. The Balaban J connectivity index is 1.15. The van der Waals surface area contributed by atoms with Gasteiger partial charge in [-0.1, -0.05) is 60.6 Å². The molecule has 3 saturated carbocycles. The topological polar surface area (TPSA) is 40.5 Å². The third-order valence-corrected chi connectivity index (χ3v) is 13.3. The Morgan fingerprint density at radius 1 is 0.913 bits per heavy atom. The third-order valence-electron chi connectivity index (χ3n) is 13.3. The molecule has 4 fully saturated rings. The van der Waals surface area contributed by atoms with Gasteiger partial charge in [-0.15, -0.1) is 0 Å². The number of carbonyl (C=O) groups excluding carboxylic acids is 1. The predicted octanol–water partition coefficient (Wildman–Crippen LogP) is 8.94. The first-order chi connectivity index (χ1) is 21.8. The molecule has 1 aromatic rings. The number of alkyl halides is 5. The highest BCUT2D eigenvalue weighted by atomic mass is 19.4. The number of ketones is 1. The van der Waals surface area contributed by atoms with Gasteiger partial charge in [-0.2, -0.15) is 22.0 Å². The number of halogens is 5. The molecule has 1 heterocycles. The molecular formula is C38H46F5NO2. The minimum atomic E-state index is -5.83. The smallest absolute Gasteiger partial charge is 0.383 e. The van der Waals surface area contributed by atoms with Crippen LogP contribution >= 0.6 is 0 Å². The molecule has 1 aliphatic heterocycles. The molecule has 250 valence electrons. The molecule has 8 heteroatoms. The number of rotatable bonds is 5. The van der Waals surface area contributed by atoms with Crippen LogP contribution in [0.4, 0.5) is 22.0 Å². The number of likely N-dealkylation sites (tertiary alicyclic amines) is 1. The number of carbonyl (C=O) groups is 1. The van der Waals surface area contributed by atoms with Gasteiger partial charge in [0.1, 0.15) is 5.60 Å². The fourth-order valence-corrected chi connectivity index (χ4v) is 11.0. The van der Waals surface area contributed by atoms with Crippen LogP contribution in [0, 0.1) is 35.0 Å². The van der Waals surface area contributed by atoms with Crippen LogP contribution < -0.4 is 0 Å². The normalized spacial score (nSPS) is 37.3. The van der Waals surface area contributed by atoms with Gasteiger partial charge in [-0.3, -0.25) is 9.69 Å². The Hall–Kier alpha value is -2.32. The predicted molar refractivity (Wildman–Crippen MR) is 167 cm³/mol. The van der Waals surface area contributed by atoms with Crippen LogP contribution in [0.15, 0.2) is 59.7 Å².